The molecule has 1 fully saturated rings. The molecule has 14 heavy (non-hydrogen) atoms. The van der Waals surface area contributed by atoms with Crippen LogP contribution in [0.2, 0.25) is 0 Å². The van der Waals surface area contributed by atoms with Crippen LogP contribution in [0.4, 0.5) is 4.79 Å². The zero-order valence-corrected chi connectivity index (χ0v) is 9.72. The van der Waals surface area contributed by atoms with Gasteiger partial charge < -0.3 is 4.42 Å². The lowest BCUT2D eigenvalue weighted by Crippen LogP contribution is -2.17. The van der Waals surface area contributed by atoms with E-state index in [1.165, 1.54) is 0 Å². The van der Waals surface area contributed by atoms with Gasteiger partial charge in [0.2, 0.25) is 0 Å². The Morgan fingerprint density at radius 2 is 2.21 bits per heavy atom. The maximum absolute atomic E-state index is 11.1. The van der Waals surface area contributed by atoms with Crippen molar-refractivity contribution in [2.24, 2.45) is 0 Å². The number of carbonyl (C=O) groups excluding carboxylic acids is 2. The highest BCUT2D eigenvalue weighted by atomic mass is 127. The van der Waals surface area contributed by atoms with E-state index in [1.807, 2.05) is 22.6 Å². The molecule has 1 N–H and O–H groups in total. The smallest absolute Gasteiger partial charge is 0.290 e. The van der Waals surface area contributed by atoms with Crippen molar-refractivity contribution in [3.8, 4) is 0 Å². The molecular weight excluding hydrogens is 317 g/mol. The largest absolute Gasteiger partial charge is 0.451 e. The van der Waals surface area contributed by atoms with E-state index in [4.69, 9.17) is 4.42 Å². The van der Waals surface area contributed by atoms with E-state index in [-0.39, 0.29) is 11.1 Å². The summed E-state index contributed by atoms with van der Waals surface area (Å²) in [4.78, 5) is 22.3. The Labute approximate surface area is 97.2 Å². The maximum Gasteiger partial charge on any atom is 0.290 e. The Morgan fingerprint density at radius 1 is 1.43 bits per heavy atom. The van der Waals surface area contributed by atoms with Gasteiger partial charge in [-0.25, -0.2) is 0 Å². The van der Waals surface area contributed by atoms with E-state index in [0.717, 1.165) is 15.5 Å². The molecule has 1 aliphatic rings. The fourth-order valence-electron chi connectivity index (χ4n) is 0.956. The molecule has 1 saturated heterocycles. The first-order valence-corrected chi connectivity index (χ1v) is 5.55. The molecule has 0 spiro atoms. The second-order valence-electron chi connectivity index (χ2n) is 2.49. The van der Waals surface area contributed by atoms with Gasteiger partial charge >= 0.3 is 0 Å². The molecule has 0 bridgehead atoms. The van der Waals surface area contributed by atoms with Crippen molar-refractivity contribution in [3.63, 3.8) is 0 Å². The predicted octanol–water partition coefficient (Wildman–Crippen LogP) is 2.21. The summed E-state index contributed by atoms with van der Waals surface area (Å²) in [6.45, 7) is 0. The van der Waals surface area contributed by atoms with E-state index in [9.17, 15) is 9.59 Å². The van der Waals surface area contributed by atoms with Gasteiger partial charge in [0.15, 0.2) is 3.77 Å². The van der Waals surface area contributed by atoms with Crippen LogP contribution in [0.1, 0.15) is 5.76 Å². The molecule has 1 aliphatic heterocycles. The molecular formula is C8H4INO3S. The first-order valence-electron chi connectivity index (χ1n) is 3.65. The van der Waals surface area contributed by atoms with Crippen molar-refractivity contribution in [3.05, 3.63) is 26.6 Å². The topological polar surface area (TPSA) is 59.3 Å². The molecule has 1 aromatic rings. The van der Waals surface area contributed by atoms with Crippen LogP contribution in [0.3, 0.4) is 0 Å². The SMILES string of the molecule is O=C1NC(=O)C(=Cc2ccc(I)o2)S1. The number of hydrogen-bond acceptors (Lipinski definition) is 4. The zero-order valence-electron chi connectivity index (χ0n) is 6.74. The van der Waals surface area contributed by atoms with E-state index >= 15 is 0 Å². The van der Waals surface area contributed by atoms with E-state index in [0.29, 0.717) is 10.7 Å². The van der Waals surface area contributed by atoms with Crippen LogP contribution in [0.5, 0.6) is 0 Å². The van der Waals surface area contributed by atoms with Crippen molar-refractivity contribution in [1.82, 2.24) is 5.32 Å². The molecule has 0 atom stereocenters. The molecule has 2 amide bonds. The average Bonchev–Trinajstić information content (AvgIpc) is 2.61. The van der Waals surface area contributed by atoms with Gasteiger partial charge in [0, 0.05) is 6.08 Å². The molecule has 0 saturated carbocycles. The fraction of sp³-hybridized carbons (Fsp3) is 0. The standard InChI is InChI=1S/C8H4INO3S/c9-6-2-1-4(13-6)3-5-7(11)10-8(12)14-5/h1-3H,(H,10,11,12). The molecule has 4 nitrogen and oxygen atoms in total. The summed E-state index contributed by atoms with van der Waals surface area (Å²) >= 11 is 2.90. The monoisotopic (exact) mass is 321 g/mol. The molecule has 0 unspecified atom stereocenters. The number of hydrogen-bond donors (Lipinski definition) is 1. The normalized spacial score (nSPS) is 19.1. The number of carbonyl (C=O) groups is 2. The number of halogens is 1. The lowest BCUT2D eigenvalue weighted by Gasteiger charge is -1.88. The van der Waals surface area contributed by atoms with Gasteiger partial charge in [-0.05, 0) is 46.5 Å². The summed E-state index contributed by atoms with van der Waals surface area (Å²) < 4.78 is 5.97. The minimum absolute atomic E-state index is 0.345. The van der Waals surface area contributed by atoms with Gasteiger partial charge in [0.1, 0.15) is 5.76 Å². The number of thioether (sulfide) groups is 1. The Kier molecular flexibility index (Phi) is 2.64. The lowest BCUT2D eigenvalue weighted by molar-refractivity contribution is -0.115. The van der Waals surface area contributed by atoms with Gasteiger partial charge in [-0.1, -0.05) is 0 Å². The fourth-order valence-corrected chi connectivity index (χ4v) is 2.05. The molecule has 2 heterocycles. The van der Waals surface area contributed by atoms with E-state index in [2.05, 4.69) is 5.32 Å². The van der Waals surface area contributed by atoms with Crippen LogP contribution in [0, 0.1) is 3.77 Å². The van der Waals surface area contributed by atoms with Crippen LogP contribution < -0.4 is 5.32 Å². The summed E-state index contributed by atoms with van der Waals surface area (Å²) in [5.74, 6) is 0.202. The van der Waals surface area contributed by atoms with Crippen LogP contribution in [0.25, 0.3) is 6.08 Å². The van der Waals surface area contributed by atoms with Crippen molar-refractivity contribution in [2.45, 2.75) is 0 Å². The molecule has 1 aromatic heterocycles. The number of furan rings is 1. The zero-order chi connectivity index (χ0) is 10.1. The third-order valence-electron chi connectivity index (χ3n) is 1.51. The number of rotatable bonds is 1. The van der Waals surface area contributed by atoms with Crippen molar-refractivity contribution >= 4 is 51.6 Å². The summed E-state index contributed by atoms with van der Waals surface area (Å²) in [5.41, 5.74) is 0. The summed E-state index contributed by atoms with van der Waals surface area (Å²) in [6, 6.07) is 3.53. The Balaban J connectivity index is 2.27. The van der Waals surface area contributed by atoms with Crippen molar-refractivity contribution < 1.29 is 14.0 Å². The second-order valence-corrected chi connectivity index (χ2v) is 4.57. The highest BCUT2D eigenvalue weighted by Gasteiger charge is 2.25. The predicted molar refractivity (Wildman–Crippen MR) is 60.5 cm³/mol. The van der Waals surface area contributed by atoms with Gasteiger partial charge in [-0.2, -0.15) is 0 Å². The lowest BCUT2D eigenvalue weighted by atomic mass is 10.4. The van der Waals surface area contributed by atoms with E-state index in [1.54, 1.807) is 18.2 Å². The van der Waals surface area contributed by atoms with Crippen molar-refractivity contribution in [1.29, 1.82) is 0 Å². The highest BCUT2D eigenvalue weighted by Crippen LogP contribution is 2.26. The summed E-state index contributed by atoms with van der Waals surface area (Å²) in [6.07, 6.45) is 1.55. The molecule has 0 radical (unpaired) electrons. The minimum Gasteiger partial charge on any atom is -0.451 e. The third-order valence-corrected chi connectivity index (χ3v) is 2.90. The molecule has 72 valence electrons. The van der Waals surface area contributed by atoms with Crippen molar-refractivity contribution in [2.75, 3.05) is 0 Å². The number of amides is 2. The van der Waals surface area contributed by atoms with Gasteiger partial charge in [-0.15, -0.1) is 0 Å². The first-order chi connectivity index (χ1) is 6.65. The van der Waals surface area contributed by atoms with Crippen LogP contribution >= 0.6 is 34.4 Å². The summed E-state index contributed by atoms with van der Waals surface area (Å²) in [7, 11) is 0. The van der Waals surface area contributed by atoms with Crippen LogP contribution in [0.15, 0.2) is 21.5 Å². The quantitative estimate of drug-likeness (QED) is 0.636. The maximum atomic E-state index is 11.1. The molecule has 0 aliphatic carbocycles. The first kappa shape index (κ1) is 9.78. The third kappa shape index (κ3) is 2.01. The number of imide groups is 1. The minimum atomic E-state index is -0.369. The highest BCUT2D eigenvalue weighted by molar-refractivity contribution is 14.1. The van der Waals surface area contributed by atoms with Crippen LogP contribution in [-0.2, 0) is 4.79 Å². The Bertz CT molecular complexity index is 438. The van der Waals surface area contributed by atoms with Gasteiger partial charge in [-0.3, -0.25) is 14.9 Å². The summed E-state index contributed by atoms with van der Waals surface area (Å²) in [5, 5.41) is 1.82. The van der Waals surface area contributed by atoms with Gasteiger partial charge in [0.05, 0.1) is 4.91 Å². The average molecular weight is 321 g/mol. The second kappa shape index (κ2) is 3.77. The molecule has 6 heteroatoms. The van der Waals surface area contributed by atoms with Crippen LogP contribution in [-0.4, -0.2) is 11.1 Å². The Hall–Kier alpha value is -0.760. The Morgan fingerprint density at radius 3 is 2.71 bits per heavy atom. The van der Waals surface area contributed by atoms with E-state index < -0.39 is 0 Å². The molecule has 0 aromatic carbocycles. The molecule has 2 rings (SSSR count). The van der Waals surface area contributed by atoms with Gasteiger partial charge in [0.25, 0.3) is 11.1 Å². The number of nitrogens with one attached hydrogen (secondary N) is 1.